The van der Waals surface area contributed by atoms with Gasteiger partial charge in [-0.1, -0.05) is 78.6 Å². The molecule has 0 saturated heterocycles. The van der Waals surface area contributed by atoms with Crippen LogP contribution >= 0.6 is 0 Å². The molecule has 0 spiro atoms. The summed E-state index contributed by atoms with van der Waals surface area (Å²) in [7, 11) is -1.40. The summed E-state index contributed by atoms with van der Waals surface area (Å²) in [5, 5.41) is 0. The van der Waals surface area contributed by atoms with Gasteiger partial charge < -0.3 is 4.43 Å². The predicted octanol–water partition coefficient (Wildman–Crippen LogP) is 6.54. The Morgan fingerprint density at radius 2 is 1.05 bits per heavy atom. The molecule has 2 heteroatoms. The van der Waals surface area contributed by atoms with Gasteiger partial charge in [-0.05, 0) is 25.1 Å². The maximum atomic E-state index is 6.38. The van der Waals surface area contributed by atoms with E-state index in [0.717, 1.165) is 6.61 Å². The minimum Gasteiger partial charge on any atom is -0.417 e. The second kappa shape index (κ2) is 13.2. The maximum absolute atomic E-state index is 6.38. The number of hydrogen-bond acceptors (Lipinski definition) is 1. The topological polar surface area (TPSA) is 9.23 Å². The molecule has 0 aliphatic carbocycles. The second-order valence-corrected chi connectivity index (χ2v) is 10.1. The fraction of sp³-hybridized carbons (Fsp3) is 1.00. The Bertz CT molecular complexity index is 174. The van der Waals surface area contributed by atoms with Crippen molar-refractivity contribution in [3.63, 3.8) is 0 Å². The van der Waals surface area contributed by atoms with E-state index in [0.29, 0.717) is 0 Å². The van der Waals surface area contributed by atoms with E-state index < -0.39 is 8.32 Å². The molecule has 0 bridgehead atoms. The monoisotopic (exact) mass is 286 g/mol. The van der Waals surface area contributed by atoms with Crippen LogP contribution in [0.3, 0.4) is 0 Å². The summed E-state index contributed by atoms with van der Waals surface area (Å²) in [5.41, 5.74) is 0. The summed E-state index contributed by atoms with van der Waals surface area (Å²) < 4.78 is 6.38. The van der Waals surface area contributed by atoms with Crippen LogP contribution in [0.4, 0.5) is 0 Å². The molecule has 0 aliphatic rings. The Balaban J connectivity index is 4.23. The Morgan fingerprint density at radius 1 is 0.579 bits per heavy atom. The van der Waals surface area contributed by atoms with Gasteiger partial charge in [0, 0.05) is 6.61 Å². The molecule has 0 aliphatic heterocycles. The highest BCUT2D eigenvalue weighted by molar-refractivity contribution is 6.73. The molecule has 0 rings (SSSR count). The highest BCUT2D eigenvalue weighted by atomic mass is 28.4. The molecule has 0 heterocycles. The summed E-state index contributed by atoms with van der Waals surface area (Å²) in [6.45, 7) is 10.0. The van der Waals surface area contributed by atoms with E-state index in [1.165, 1.54) is 75.9 Å². The van der Waals surface area contributed by atoms with Gasteiger partial charge in [0.25, 0.3) is 0 Å². The molecule has 0 aromatic heterocycles. The number of hydrogen-bond donors (Lipinski definition) is 0. The van der Waals surface area contributed by atoms with Gasteiger partial charge in [-0.25, -0.2) is 0 Å². The van der Waals surface area contributed by atoms with Gasteiger partial charge in [-0.2, -0.15) is 0 Å². The molecule has 19 heavy (non-hydrogen) atoms. The van der Waals surface area contributed by atoms with Crippen molar-refractivity contribution in [2.24, 2.45) is 0 Å². The fourth-order valence-corrected chi connectivity index (χ4v) is 7.63. The Labute approximate surface area is 123 Å². The molecule has 0 aromatic carbocycles. The van der Waals surface area contributed by atoms with Crippen LogP contribution < -0.4 is 0 Å². The van der Waals surface area contributed by atoms with Crippen molar-refractivity contribution >= 4 is 8.32 Å². The zero-order chi connectivity index (χ0) is 14.4. The SMILES string of the molecule is CCCCCCC[Si](CCCC)(CCCC)OCC. The molecule has 1 nitrogen and oxygen atoms in total. The molecule has 0 unspecified atom stereocenters. The molecule has 0 aromatic rings. The molecule has 0 atom stereocenters. The third-order valence-corrected chi connectivity index (χ3v) is 8.85. The number of rotatable bonds is 14. The molecule has 0 N–H and O–H groups in total. The molecule has 0 saturated carbocycles. The van der Waals surface area contributed by atoms with Crippen molar-refractivity contribution in [2.75, 3.05) is 6.61 Å². The van der Waals surface area contributed by atoms with Crippen LogP contribution in [0.1, 0.15) is 85.5 Å². The van der Waals surface area contributed by atoms with Crippen molar-refractivity contribution < 1.29 is 4.43 Å². The van der Waals surface area contributed by atoms with E-state index in [1.807, 2.05) is 0 Å². The zero-order valence-corrected chi connectivity index (χ0v) is 15.1. The first-order valence-corrected chi connectivity index (χ1v) is 11.4. The second-order valence-electron chi connectivity index (χ2n) is 5.99. The van der Waals surface area contributed by atoms with Crippen LogP contribution in [0.2, 0.25) is 18.1 Å². The van der Waals surface area contributed by atoms with Crippen LogP contribution in [-0.4, -0.2) is 14.9 Å². The van der Waals surface area contributed by atoms with Gasteiger partial charge in [-0.3, -0.25) is 0 Å². The van der Waals surface area contributed by atoms with E-state index in [1.54, 1.807) is 0 Å². The van der Waals surface area contributed by atoms with Crippen molar-refractivity contribution in [3.8, 4) is 0 Å². The Morgan fingerprint density at radius 3 is 1.53 bits per heavy atom. The van der Waals surface area contributed by atoms with Crippen LogP contribution in [0, 0.1) is 0 Å². The first-order chi connectivity index (χ1) is 9.24. The lowest BCUT2D eigenvalue weighted by atomic mass is 10.2. The van der Waals surface area contributed by atoms with Crippen LogP contribution in [-0.2, 0) is 4.43 Å². The lowest BCUT2D eigenvalue weighted by molar-refractivity contribution is 0.313. The summed E-state index contributed by atoms with van der Waals surface area (Å²) in [6, 6.07) is 4.24. The third-order valence-electron chi connectivity index (χ3n) is 4.16. The first-order valence-electron chi connectivity index (χ1n) is 8.88. The van der Waals surface area contributed by atoms with E-state index >= 15 is 0 Å². The summed E-state index contributed by atoms with van der Waals surface area (Å²) in [4.78, 5) is 0. The zero-order valence-electron chi connectivity index (χ0n) is 14.1. The third kappa shape index (κ3) is 9.67. The largest absolute Gasteiger partial charge is 0.417 e. The van der Waals surface area contributed by atoms with Gasteiger partial charge in [0.2, 0.25) is 0 Å². The van der Waals surface area contributed by atoms with E-state index in [2.05, 4.69) is 27.7 Å². The van der Waals surface area contributed by atoms with Crippen molar-refractivity contribution in [3.05, 3.63) is 0 Å². The smallest absolute Gasteiger partial charge is 0.192 e. The quantitative estimate of drug-likeness (QED) is 0.260. The summed E-state index contributed by atoms with van der Waals surface area (Å²) >= 11 is 0. The molecule has 0 radical (unpaired) electrons. The summed E-state index contributed by atoms with van der Waals surface area (Å²) in [6.07, 6.45) is 12.4. The normalized spacial score (nSPS) is 12.0. The lowest BCUT2D eigenvalue weighted by Crippen LogP contribution is -2.38. The summed E-state index contributed by atoms with van der Waals surface area (Å²) in [5.74, 6) is 0. The highest BCUT2D eigenvalue weighted by Gasteiger charge is 2.32. The van der Waals surface area contributed by atoms with E-state index in [9.17, 15) is 0 Å². The average molecular weight is 287 g/mol. The maximum Gasteiger partial charge on any atom is 0.192 e. The fourth-order valence-electron chi connectivity index (χ4n) is 2.95. The Hall–Kier alpha value is 0.177. The first kappa shape index (κ1) is 19.2. The van der Waals surface area contributed by atoms with E-state index in [-0.39, 0.29) is 0 Å². The number of unbranched alkanes of at least 4 members (excludes halogenated alkanes) is 6. The van der Waals surface area contributed by atoms with Crippen LogP contribution in [0.25, 0.3) is 0 Å². The van der Waals surface area contributed by atoms with Gasteiger partial charge in [0.1, 0.15) is 0 Å². The van der Waals surface area contributed by atoms with Gasteiger partial charge in [0.15, 0.2) is 8.32 Å². The van der Waals surface area contributed by atoms with Crippen molar-refractivity contribution in [1.29, 1.82) is 0 Å². The molecular weight excluding hydrogens is 248 g/mol. The van der Waals surface area contributed by atoms with Crippen molar-refractivity contribution in [2.45, 2.75) is 104 Å². The molecule has 116 valence electrons. The van der Waals surface area contributed by atoms with Gasteiger partial charge in [-0.15, -0.1) is 0 Å². The Kier molecular flexibility index (Phi) is 13.3. The van der Waals surface area contributed by atoms with Crippen LogP contribution in [0.15, 0.2) is 0 Å². The lowest BCUT2D eigenvalue weighted by Gasteiger charge is -2.31. The van der Waals surface area contributed by atoms with Gasteiger partial charge in [0.05, 0.1) is 0 Å². The predicted molar refractivity (Wildman–Crippen MR) is 90.4 cm³/mol. The molecular formula is C17H38OSi. The highest BCUT2D eigenvalue weighted by Crippen LogP contribution is 2.29. The minimum absolute atomic E-state index is 0.939. The van der Waals surface area contributed by atoms with E-state index in [4.69, 9.17) is 4.43 Å². The van der Waals surface area contributed by atoms with Gasteiger partial charge >= 0.3 is 0 Å². The minimum atomic E-state index is -1.40. The standard InChI is InChI=1S/C17H38OSi/c1-5-9-12-13-14-17-19(18-8-4,15-10-6-2)16-11-7-3/h5-17H2,1-4H3. The molecule has 0 fully saturated rings. The molecule has 0 amide bonds. The van der Waals surface area contributed by atoms with Crippen LogP contribution in [0.5, 0.6) is 0 Å². The average Bonchev–Trinajstić information content (AvgIpc) is 2.43. The van der Waals surface area contributed by atoms with Crippen molar-refractivity contribution in [1.82, 2.24) is 0 Å².